The van der Waals surface area contributed by atoms with E-state index >= 15 is 0 Å². The van der Waals surface area contributed by atoms with Crippen LogP contribution in [0.1, 0.15) is 13.3 Å². The average Bonchev–Trinajstić information content (AvgIpc) is 2.80. The second-order valence-electron chi connectivity index (χ2n) is 4.54. The number of urea groups is 1. The number of fused-ring (bicyclic) bond motifs is 1. The fraction of sp³-hybridized carbons (Fsp3) is 0.429. The molecule has 20 heavy (non-hydrogen) atoms. The van der Waals surface area contributed by atoms with Gasteiger partial charge in [0.2, 0.25) is 0 Å². The molecule has 2 aromatic rings. The minimum Gasteiger partial charge on any atom is -0.337 e. The number of aryl methyl sites for hydroxylation is 1. The molecule has 0 bridgehead atoms. The highest BCUT2D eigenvalue weighted by atomic mass is 32.2. The van der Waals surface area contributed by atoms with Gasteiger partial charge in [-0.15, -0.1) is 0 Å². The van der Waals surface area contributed by atoms with Gasteiger partial charge in [0, 0.05) is 30.4 Å². The number of amides is 2. The second kappa shape index (κ2) is 7.19. The summed E-state index contributed by atoms with van der Waals surface area (Å²) in [4.78, 5) is 11.7. The van der Waals surface area contributed by atoms with Gasteiger partial charge in [-0.1, -0.05) is 6.92 Å². The molecular weight excluding hydrogens is 272 g/mol. The number of nitrogens with one attached hydrogen (secondary N) is 2. The maximum Gasteiger partial charge on any atom is 0.319 e. The number of thioether (sulfide) groups is 1. The Bertz CT molecular complexity index is 582. The molecule has 6 heteroatoms. The normalized spacial score (nSPS) is 10.7. The lowest BCUT2D eigenvalue weighted by atomic mass is 10.2. The fourth-order valence-electron chi connectivity index (χ4n) is 1.90. The Morgan fingerprint density at radius 3 is 3.05 bits per heavy atom. The van der Waals surface area contributed by atoms with Crippen LogP contribution in [-0.2, 0) is 7.05 Å². The van der Waals surface area contributed by atoms with Crippen LogP contribution in [0.4, 0.5) is 10.5 Å². The first kappa shape index (κ1) is 14.7. The first-order valence-corrected chi connectivity index (χ1v) is 7.90. The van der Waals surface area contributed by atoms with Gasteiger partial charge in [0.15, 0.2) is 0 Å². The monoisotopic (exact) mass is 292 g/mol. The molecule has 1 aromatic heterocycles. The van der Waals surface area contributed by atoms with E-state index in [1.54, 1.807) is 6.20 Å². The molecular formula is C14H20N4OS. The number of nitrogens with zero attached hydrogens (tertiary/aromatic N) is 2. The van der Waals surface area contributed by atoms with Crippen LogP contribution in [0.3, 0.4) is 0 Å². The Labute approximate surface area is 123 Å². The van der Waals surface area contributed by atoms with E-state index in [-0.39, 0.29) is 6.03 Å². The van der Waals surface area contributed by atoms with Crippen molar-refractivity contribution in [3.63, 3.8) is 0 Å². The van der Waals surface area contributed by atoms with E-state index in [0.717, 1.165) is 28.1 Å². The van der Waals surface area contributed by atoms with Crippen molar-refractivity contribution in [3.05, 3.63) is 24.4 Å². The van der Waals surface area contributed by atoms with E-state index < -0.39 is 0 Å². The predicted molar refractivity (Wildman–Crippen MR) is 85.4 cm³/mol. The molecule has 0 saturated heterocycles. The third-order valence-electron chi connectivity index (χ3n) is 2.88. The SMILES string of the molecule is CCCSCCNC(=O)Nc1ccc2c(cnn2C)c1. The zero-order valence-corrected chi connectivity index (χ0v) is 12.7. The maximum absolute atomic E-state index is 11.7. The van der Waals surface area contributed by atoms with Crippen LogP contribution in [0.2, 0.25) is 0 Å². The first-order valence-electron chi connectivity index (χ1n) is 6.75. The first-order chi connectivity index (χ1) is 9.70. The summed E-state index contributed by atoms with van der Waals surface area (Å²) in [5, 5.41) is 10.9. The van der Waals surface area contributed by atoms with Crippen LogP contribution in [0, 0.1) is 0 Å². The van der Waals surface area contributed by atoms with Crippen molar-refractivity contribution in [1.82, 2.24) is 15.1 Å². The molecule has 2 amide bonds. The van der Waals surface area contributed by atoms with Crippen LogP contribution in [0.25, 0.3) is 10.9 Å². The summed E-state index contributed by atoms with van der Waals surface area (Å²) in [6.45, 7) is 2.84. The summed E-state index contributed by atoms with van der Waals surface area (Å²) in [6, 6.07) is 5.60. The summed E-state index contributed by atoms with van der Waals surface area (Å²) < 4.78 is 1.81. The van der Waals surface area contributed by atoms with E-state index in [0.29, 0.717) is 6.54 Å². The molecule has 1 heterocycles. The molecule has 2 N–H and O–H groups in total. The standard InChI is InChI=1S/C14H20N4OS/c1-3-7-20-8-6-15-14(19)17-12-4-5-13-11(9-12)10-16-18(13)2/h4-5,9-10H,3,6-8H2,1-2H3,(H2,15,17,19). The van der Waals surface area contributed by atoms with Crippen LogP contribution >= 0.6 is 11.8 Å². The van der Waals surface area contributed by atoms with Crippen LogP contribution < -0.4 is 10.6 Å². The maximum atomic E-state index is 11.7. The summed E-state index contributed by atoms with van der Waals surface area (Å²) in [5.74, 6) is 2.09. The molecule has 0 radical (unpaired) electrons. The highest BCUT2D eigenvalue weighted by molar-refractivity contribution is 7.99. The Morgan fingerprint density at radius 1 is 1.40 bits per heavy atom. The molecule has 2 rings (SSSR count). The highest BCUT2D eigenvalue weighted by Gasteiger charge is 2.04. The number of hydrogen-bond acceptors (Lipinski definition) is 3. The number of rotatable bonds is 6. The molecule has 1 aromatic carbocycles. The summed E-state index contributed by atoms with van der Waals surface area (Å²) in [5.41, 5.74) is 1.83. The third-order valence-corrected chi connectivity index (χ3v) is 4.07. The number of hydrogen-bond donors (Lipinski definition) is 2. The molecule has 0 aliphatic heterocycles. The molecule has 0 aliphatic rings. The molecule has 0 atom stereocenters. The lowest BCUT2D eigenvalue weighted by molar-refractivity contribution is 0.252. The molecule has 0 unspecified atom stereocenters. The van der Waals surface area contributed by atoms with Gasteiger partial charge < -0.3 is 10.6 Å². The summed E-state index contributed by atoms with van der Waals surface area (Å²) >= 11 is 1.85. The summed E-state index contributed by atoms with van der Waals surface area (Å²) in [7, 11) is 1.90. The van der Waals surface area contributed by atoms with E-state index in [4.69, 9.17) is 0 Å². The summed E-state index contributed by atoms with van der Waals surface area (Å²) in [6.07, 6.45) is 2.96. The number of carbonyl (C=O) groups is 1. The topological polar surface area (TPSA) is 59.0 Å². The van der Waals surface area contributed by atoms with Crippen molar-refractivity contribution in [2.24, 2.45) is 7.05 Å². The lowest BCUT2D eigenvalue weighted by Gasteiger charge is -2.07. The van der Waals surface area contributed by atoms with Crippen molar-refractivity contribution < 1.29 is 4.79 Å². The molecule has 108 valence electrons. The Hall–Kier alpha value is -1.69. The second-order valence-corrected chi connectivity index (χ2v) is 5.76. The van der Waals surface area contributed by atoms with Crippen molar-refractivity contribution in [2.75, 3.05) is 23.4 Å². The van der Waals surface area contributed by atoms with Gasteiger partial charge in [-0.25, -0.2) is 4.79 Å². The minimum atomic E-state index is -0.162. The molecule has 0 fully saturated rings. The van der Waals surface area contributed by atoms with Gasteiger partial charge in [0.05, 0.1) is 11.7 Å². The van der Waals surface area contributed by atoms with Crippen LogP contribution in [0.5, 0.6) is 0 Å². The molecule has 0 saturated carbocycles. The Morgan fingerprint density at radius 2 is 2.25 bits per heavy atom. The van der Waals surface area contributed by atoms with Crippen molar-refractivity contribution in [1.29, 1.82) is 0 Å². The molecule has 0 aliphatic carbocycles. The van der Waals surface area contributed by atoms with E-state index in [9.17, 15) is 4.79 Å². The van der Waals surface area contributed by atoms with Gasteiger partial charge >= 0.3 is 6.03 Å². The Kier molecular flexibility index (Phi) is 5.29. The fourth-order valence-corrected chi connectivity index (χ4v) is 2.64. The smallest absolute Gasteiger partial charge is 0.319 e. The number of aromatic nitrogens is 2. The zero-order valence-electron chi connectivity index (χ0n) is 11.8. The van der Waals surface area contributed by atoms with Gasteiger partial charge in [-0.3, -0.25) is 4.68 Å². The van der Waals surface area contributed by atoms with Crippen molar-refractivity contribution in [3.8, 4) is 0 Å². The predicted octanol–water partition coefficient (Wildman–Crippen LogP) is 2.84. The Balaban J connectivity index is 1.83. The van der Waals surface area contributed by atoms with Crippen molar-refractivity contribution in [2.45, 2.75) is 13.3 Å². The van der Waals surface area contributed by atoms with Crippen LogP contribution in [0.15, 0.2) is 24.4 Å². The molecule has 0 spiro atoms. The number of benzene rings is 1. The number of carbonyl (C=O) groups excluding carboxylic acids is 1. The van der Waals surface area contributed by atoms with E-state index in [2.05, 4.69) is 22.7 Å². The van der Waals surface area contributed by atoms with Gasteiger partial charge in [0.25, 0.3) is 0 Å². The van der Waals surface area contributed by atoms with Crippen molar-refractivity contribution >= 4 is 34.4 Å². The average molecular weight is 292 g/mol. The van der Waals surface area contributed by atoms with Crippen LogP contribution in [-0.4, -0.2) is 33.9 Å². The lowest BCUT2D eigenvalue weighted by Crippen LogP contribution is -2.30. The zero-order chi connectivity index (χ0) is 14.4. The third kappa shape index (κ3) is 3.90. The van der Waals surface area contributed by atoms with E-state index in [1.165, 1.54) is 6.42 Å². The molecule has 5 nitrogen and oxygen atoms in total. The van der Waals surface area contributed by atoms with E-state index in [1.807, 2.05) is 41.7 Å². The number of anilines is 1. The quantitative estimate of drug-likeness (QED) is 0.805. The minimum absolute atomic E-state index is 0.162. The highest BCUT2D eigenvalue weighted by Crippen LogP contribution is 2.18. The van der Waals surface area contributed by atoms with Gasteiger partial charge in [-0.05, 0) is 30.4 Å². The van der Waals surface area contributed by atoms with Gasteiger partial charge in [0.1, 0.15) is 0 Å². The van der Waals surface area contributed by atoms with Gasteiger partial charge in [-0.2, -0.15) is 16.9 Å². The largest absolute Gasteiger partial charge is 0.337 e.